The number of rotatable bonds is 0. The maximum atomic E-state index is 9.63. The first kappa shape index (κ1) is 43.1. The van der Waals surface area contributed by atoms with Crippen LogP contribution >= 0.6 is 0 Å². The van der Waals surface area contributed by atoms with Gasteiger partial charge in [0, 0.05) is 42.0 Å². The monoisotopic (exact) mass is 763 g/mol. The van der Waals surface area contributed by atoms with Crippen molar-refractivity contribution in [2.24, 2.45) is 5.92 Å². The van der Waals surface area contributed by atoms with E-state index in [1.165, 1.54) is 124 Å². The molecular weight excluding hydrogens is 693 g/mol. The zero-order valence-electron chi connectivity index (χ0n) is 36.6. The highest BCUT2D eigenvalue weighted by molar-refractivity contribution is 5.67. The van der Waals surface area contributed by atoms with Crippen LogP contribution in [0.5, 0.6) is 0 Å². The smallest absolute Gasteiger partial charge is 0.0621 e. The van der Waals surface area contributed by atoms with Gasteiger partial charge in [-0.1, -0.05) is 6.92 Å². The van der Waals surface area contributed by atoms with Crippen LogP contribution in [0.2, 0.25) is 0 Å². The molecule has 0 bridgehead atoms. The molecule has 0 fully saturated rings. The van der Waals surface area contributed by atoms with Crippen LogP contribution in [0.4, 0.5) is 22.7 Å². The molecule has 0 spiro atoms. The Hall–Kier alpha value is -4.04. The molecular formula is C49H70N4O3. The summed E-state index contributed by atoms with van der Waals surface area (Å²) < 4.78 is 0. The predicted octanol–water partition coefficient (Wildman–Crippen LogP) is 7.89. The molecule has 0 saturated heterocycles. The Morgan fingerprint density at radius 2 is 0.464 bits per heavy atom. The van der Waals surface area contributed by atoms with Gasteiger partial charge in [0.25, 0.3) is 0 Å². The van der Waals surface area contributed by atoms with E-state index in [9.17, 15) is 15.3 Å². The van der Waals surface area contributed by atoms with E-state index in [0.29, 0.717) is 0 Å². The number of aliphatic hydroxyl groups excluding tert-OH is 3. The molecule has 0 amide bonds. The van der Waals surface area contributed by atoms with Gasteiger partial charge >= 0.3 is 0 Å². The molecule has 7 heteroatoms. The Morgan fingerprint density at radius 1 is 0.286 bits per heavy atom. The normalized spacial score (nSPS) is 19.9. The third kappa shape index (κ3) is 7.79. The van der Waals surface area contributed by atoms with Gasteiger partial charge in [-0.2, -0.15) is 0 Å². The zero-order chi connectivity index (χ0) is 41.8. The topological polar surface area (TPSA) is 165 Å². The maximum absolute atomic E-state index is 9.63. The van der Waals surface area contributed by atoms with Crippen molar-refractivity contribution in [2.45, 2.75) is 160 Å². The molecule has 8 rings (SSSR count). The number of aliphatic hydroxyl groups is 3. The highest BCUT2D eigenvalue weighted by Gasteiger charge is 2.28. The first-order chi connectivity index (χ1) is 26.1. The van der Waals surface area contributed by atoms with Crippen molar-refractivity contribution in [1.29, 1.82) is 0 Å². The fourth-order valence-corrected chi connectivity index (χ4v) is 9.74. The van der Waals surface area contributed by atoms with Gasteiger partial charge in [0.05, 0.1) is 18.3 Å². The standard InChI is InChI=1S/C13H19N.3C12H17NO/c1-7-5-11-9(3)8(2)10(4)13(14)12(11)6-7;3*1-6-7(2)10-4-9(14)5-11(10)12(13)8(6)3/h7H,5-6,14H2,1-4H3;3*9,14H,4-5,13H2,1-3H3/t;2*9-;/m.10./s1. The quantitative estimate of drug-likeness (QED) is 0.0896. The van der Waals surface area contributed by atoms with Crippen LogP contribution in [-0.4, -0.2) is 33.6 Å². The van der Waals surface area contributed by atoms with Crippen LogP contribution in [0.15, 0.2) is 0 Å². The second kappa shape index (κ2) is 16.4. The van der Waals surface area contributed by atoms with Gasteiger partial charge < -0.3 is 38.3 Å². The second-order valence-corrected chi connectivity index (χ2v) is 17.7. The Balaban J connectivity index is 0.000000143. The Labute approximate surface area is 336 Å². The minimum absolute atomic E-state index is 0.229. The fraction of sp³-hybridized carbons (Fsp3) is 0.510. The van der Waals surface area contributed by atoms with E-state index < -0.39 is 0 Å². The molecule has 4 aliphatic rings. The summed E-state index contributed by atoms with van der Waals surface area (Å²) in [7, 11) is 0. The van der Waals surface area contributed by atoms with Crippen molar-refractivity contribution >= 4 is 22.7 Å². The Bertz CT molecular complexity index is 1740. The van der Waals surface area contributed by atoms with Crippen LogP contribution in [0.3, 0.4) is 0 Å². The van der Waals surface area contributed by atoms with Gasteiger partial charge in [0.2, 0.25) is 0 Å². The molecule has 2 unspecified atom stereocenters. The van der Waals surface area contributed by atoms with Crippen molar-refractivity contribution in [1.82, 2.24) is 0 Å². The summed E-state index contributed by atoms with van der Waals surface area (Å²) >= 11 is 0. The predicted molar refractivity (Wildman–Crippen MR) is 237 cm³/mol. The molecule has 11 N–H and O–H groups in total. The van der Waals surface area contributed by atoms with Crippen molar-refractivity contribution in [2.75, 3.05) is 22.9 Å². The lowest BCUT2D eigenvalue weighted by atomic mass is 9.93. The Morgan fingerprint density at radius 3 is 0.714 bits per heavy atom. The van der Waals surface area contributed by atoms with Crippen molar-refractivity contribution < 1.29 is 15.3 Å². The maximum Gasteiger partial charge on any atom is 0.0621 e. The largest absolute Gasteiger partial charge is 0.398 e. The van der Waals surface area contributed by atoms with Crippen LogP contribution in [0, 0.1) is 89.0 Å². The van der Waals surface area contributed by atoms with E-state index in [-0.39, 0.29) is 18.3 Å². The molecule has 4 aromatic carbocycles. The van der Waals surface area contributed by atoms with Gasteiger partial charge in [-0.25, -0.2) is 0 Å². The third-order valence-corrected chi connectivity index (χ3v) is 14.4. The van der Waals surface area contributed by atoms with E-state index >= 15 is 0 Å². The van der Waals surface area contributed by atoms with E-state index in [1.807, 2.05) is 0 Å². The summed E-state index contributed by atoms with van der Waals surface area (Å²) in [5, 5.41) is 28.9. The first-order valence-electron chi connectivity index (χ1n) is 20.6. The number of nitrogen functional groups attached to an aromatic ring is 4. The number of fused-ring (bicyclic) bond motifs is 4. The summed E-state index contributed by atoms with van der Waals surface area (Å²) in [6.45, 7) is 27.7. The van der Waals surface area contributed by atoms with E-state index in [0.717, 1.165) is 67.2 Å². The lowest BCUT2D eigenvalue weighted by Crippen LogP contribution is -2.04. The first-order valence-corrected chi connectivity index (χ1v) is 20.6. The SMILES string of the molecule is Cc1c(C)c(N)c2c(c1C)CC(C)C2.Cc1c(C)c(N)c2c(c1C)CC(O)C2.Cc1c(C)c(N)c2c(c1C)C[C@@H](O)C2.Cc1c(C)c(N)c2c(c1C)C[C@H](O)C2. The molecule has 0 saturated carbocycles. The average Bonchev–Trinajstić information content (AvgIpc) is 3.96. The summed E-state index contributed by atoms with van der Waals surface area (Å²) in [4.78, 5) is 0. The molecule has 0 aromatic heterocycles. The number of anilines is 4. The minimum Gasteiger partial charge on any atom is -0.398 e. The highest BCUT2D eigenvalue weighted by atomic mass is 16.3. The summed E-state index contributed by atoms with van der Waals surface area (Å²) in [6.07, 6.45) is 6.18. The summed E-state index contributed by atoms with van der Waals surface area (Å²) in [5.41, 5.74) is 53.8. The molecule has 7 nitrogen and oxygen atoms in total. The average molecular weight is 763 g/mol. The Kier molecular flexibility index (Phi) is 12.6. The van der Waals surface area contributed by atoms with Crippen molar-refractivity contribution in [3.8, 4) is 0 Å². The van der Waals surface area contributed by atoms with Gasteiger partial charge in [-0.15, -0.1) is 0 Å². The van der Waals surface area contributed by atoms with E-state index in [1.54, 1.807) is 0 Å². The minimum atomic E-state index is -0.229. The van der Waals surface area contributed by atoms with Crippen molar-refractivity contribution in [3.05, 3.63) is 111 Å². The molecule has 56 heavy (non-hydrogen) atoms. The summed E-state index contributed by atoms with van der Waals surface area (Å²) in [5.74, 6) is 0.771. The second-order valence-electron chi connectivity index (χ2n) is 17.7. The molecule has 4 aliphatic carbocycles. The van der Waals surface area contributed by atoms with Crippen LogP contribution in [0.25, 0.3) is 0 Å². The summed E-state index contributed by atoms with van der Waals surface area (Å²) in [6, 6.07) is 0. The molecule has 0 heterocycles. The molecule has 0 aliphatic heterocycles. The van der Waals surface area contributed by atoms with Gasteiger partial charge in [0.15, 0.2) is 0 Å². The number of hydrogen-bond donors (Lipinski definition) is 7. The molecule has 4 aromatic rings. The zero-order valence-corrected chi connectivity index (χ0v) is 36.6. The molecule has 0 radical (unpaired) electrons. The van der Waals surface area contributed by atoms with Crippen LogP contribution in [0.1, 0.15) is 118 Å². The number of hydrogen-bond acceptors (Lipinski definition) is 7. The van der Waals surface area contributed by atoms with E-state index in [2.05, 4.69) is 90.0 Å². The van der Waals surface area contributed by atoms with Crippen molar-refractivity contribution in [3.63, 3.8) is 0 Å². The number of benzene rings is 4. The van der Waals surface area contributed by atoms with Gasteiger partial charge in [-0.05, 0) is 232 Å². The number of nitrogens with two attached hydrogens (primary N) is 4. The van der Waals surface area contributed by atoms with Gasteiger partial charge in [0.1, 0.15) is 0 Å². The lowest BCUT2D eigenvalue weighted by Gasteiger charge is -2.14. The molecule has 4 atom stereocenters. The highest BCUT2D eigenvalue weighted by Crippen LogP contribution is 2.39. The van der Waals surface area contributed by atoms with Crippen LogP contribution in [-0.2, 0) is 51.4 Å². The third-order valence-electron chi connectivity index (χ3n) is 14.4. The van der Waals surface area contributed by atoms with Crippen LogP contribution < -0.4 is 22.9 Å². The van der Waals surface area contributed by atoms with E-state index in [4.69, 9.17) is 22.9 Å². The fourth-order valence-electron chi connectivity index (χ4n) is 9.74. The lowest BCUT2D eigenvalue weighted by molar-refractivity contribution is 0.186. The van der Waals surface area contributed by atoms with Gasteiger partial charge in [-0.3, -0.25) is 0 Å². The molecule has 304 valence electrons.